The van der Waals surface area contributed by atoms with E-state index in [9.17, 15) is 0 Å². The van der Waals surface area contributed by atoms with E-state index in [4.69, 9.17) is 0 Å². The van der Waals surface area contributed by atoms with Crippen LogP contribution in [0, 0.1) is 11.3 Å². The highest BCUT2D eigenvalue weighted by Crippen LogP contribution is 2.26. The molecule has 0 aromatic carbocycles. The van der Waals surface area contributed by atoms with Gasteiger partial charge in [-0.2, -0.15) is 0 Å². The summed E-state index contributed by atoms with van der Waals surface area (Å²) < 4.78 is 0. The molecule has 0 saturated heterocycles. The number of rotatable bonds is 7. The van der Waals surface area contributed by atoms with Gasteiger partial charge in [0, 0.05) is 6.04 Å². The molecule has 1 N–H and O–H groups in total. The van der Waals surface area contributed by atoms with Crippen LogP contribution < -0.4 is 5.32 Å². The lowest BCUT2D eigenvalue weighted by molar-refractivity contribution is 0.285. The van der Waals surface area contributed by atoms with Crippen LogP contribution in [-0.2, 0) is 0 Å². The number of hydrogen-bond acceptors (Lipinski definition) is 1. The molecule has 0 fully saturated rings. The average Bonchev–Trinajstić information content (AvgIpc) is 2.09. The summed E-state index contributed by atoms with van der Waals surface area (Å²) >= 11 is 0. The van der Waals surface area contributed by atoms with Crippen molar-refractivity contribution < 1.29 is 0 Å². The monoisotopic (exact) mass is 211 g/mol. The molecule has 0 heterocycles. The standard InChI is InChI=1S/C14H29N/c1-7-9-15-13(8-2)10-12(3)11-14(4,5)6/h8,12-13,15H,2,7,9-11H2,1,3-6H3. The van der Waals surface area contributed by atoms with Gasteiger partial charge in [0.05, 0.1) is 0 Å². The van der Waals surface area contributed by atoms with Crippen LogP contribution in [0.5, 0.6) is 0 Å². The normalized spacial score (nSPS) is 16.1. The summed E-state index contributed by atoms with van der Waals surface area (Å²) in [6, 6.07) is 0.488. The molecule has 0 rings (SSSR count). The van der Waals surface area contributed by atoms with Crippen LogP contribution in [0.4, 0.5) is 0 Å². The lowest BCUT2D eigenvalue weighted by Crippen LogP contribution is -2.30. The fourth-order valence-corrected chi connectivity index (χ4v) is 2.15. The molecule has 0 amide bonds. The van der Waals surface area contributed by atoms with E-state index in [1.54, 1.807) is 0 Å². The van der Waals surface area contributed by atoms with E-state index in [-0.39, 0.29) is 0 Å². The Hall–Kier alpha value is -0.300. The van der Waals surface area contributed by atoms with E-state index in [0.29, 0.717) is 11.5 Å². The maximum Gasteiger partial charge on any atom is 0.0249 e. The van der Waals surface area contributed by atoms with Crippen molar-refractivity contribution in [1.29, 1.82) is 0 Å². The summed E-state index contributed by atoms with van der Waals surface area (Å²) in [5.74, 6) is 0.761. The van der Waals surface area contributed by atoms with Crippen LogP contribution in [0.1, 0.15) is 53.9 Å². The zero-order valence-corrected chi connectivity index (χ0v) is 11.3. The summed E-state index contributed by atoms with van der Waals surface area (Å²) in [4.78, 5) is 0. The van der Waals surface area contributed by atoms with Gasteiger partial charge in [0.25, 0.3) is 0 Å². The Labute approximate surface area is 96.3 Å². The SMILES string of the molecule is C=CC(CC(C)CC(C)(C)C)NCCC. The molecule has 0 spiro atoms. The van der Waals surface area contributed by atoms with Gasteiger partial charge in [0.1, 0.15) is 0 Å². The van der Waals surface area contributed by atoms with E-state index in [0.717, 1.165) is 12.5 Å². The maximum absolute atomic E-state index is 3.90. The van der Waals surface area contributed by atoms with E-state index in [1.807, 2.05) is 0 Å². The van der Waals surface area contributed by atoms with Crippen molar-refractivity contribution in [3.63, 3.8) is 0 Å². The molecule has 1 heteroatoms. The molecule has 2 atom stereocenters. The predicted octanol–water partition coefficient (Wildman–Crippen LogP) is 4.00. The number of nitrogens with one attached hydrogen (secondary N) is 1. The fraction of sp³-hybridized carbons (Fsp3) is 0.857. The Morgan fingerprint density at radius 1 is 1.33 bits per heavy atom. The first-order valence-electron chi connectivity index (χ1n) is 6.25. The van der Waals surface area contributed by atoms with Crippen molar-refractivity contribution in [3.8, 4) is 0 Å². The number of hydrogen-bond donors (Lipinski definition) is 1. The molecule has 0 aliphatic rings. The van der Waals surface area contributed by atoms with E-state index < -0.39 is 0 Å². The highest BCUT2D eigenvalue weighted by Gasteiger charge is 2.17. The first-order chi connectivity index (χ1) is 6.89. The summed E-state index contributed by atoms with van der Waals surface area (Å²) in [6.45, 7) is 16.5. The smallest absolute Gasteiger partial charge is 0.0249 e. The topological polar surface area (TPSA) is 12.0 Å². The Kier molecular flexibility index (Phi) is 6.91. The minimum Gasteiger partial charge on any atom is -0.311 e. The predicted molar refractivity (Wildman–Crippen MR) is 70.1 cm³/mol. The average molecular weight is 211 g/mol. The second-order valence-electron chi connectivity index (χ2n) is 5.90. The highest BCUT2D eigenvalue weighted by molar-refractivity contribution is 4.87. The minimum absolute atomic E-state index is 0.440. The quantitative estimate of drug-likeness (QED) is 0.628. The first-order valence-corrected chi connectivity index (χ1v) is 6.25. The third kappa shape index (κ3) is 8.68. The van der Waals surface area contributed by atoms with Gasteiger partial charge < -0.3 is 5.32 Å². The van der Waals surface area contributed by atoms with Gasteiger partial charge in [-0.25, -0.2) is 0 Å². The molecule has 90 valence electrons. The van der Waals surface area contributed by atoms with Gasteiger partial charge in [-0.1, -0.05) is 40.7 Å². The maximum atomic E-state index is 3.90. The van der Waals surface area contributed by atoms with Gasteiger partial charge in [0.15, 0.2) is 0 Å². The van der Waals surface area contributed by atoms with Gasteiger partial charge in [-0.05, 0) is 37.1 Å². The molecular formula is C14H29N. The van der Waals surface area contributed by atoms with Crippen LogP contribution in [-0.4, -0.2) is 12.6 Å². The summed E-state index contributed by atoms with van der Waals surface area (Å²) in [6.07, 6.45) is 5.73. The first kappa shape index (κ1) is 14.7. The van der Waals surface area contributed by atoms with Crippen molar-refractivity contribution in [2.75, 3.05) is 6.54 Å². The van der Waals surface area contributed by atoms with Crippen LogP contribution in [0.2, 0.25) is 0 Å². The lowest BCUT2D eigenvalue weighted by atomic mass is 9.83. The van der Waals surface area contributed by atoms with E-state index in [1.165, 1.54) is 19.3 Å². The minimum atomic E-state index is 0.440. The van der Waals surface area contributed by atoms with Crippen LogP contribution >= 0.6 is 0 Å². The summed E-state index contributed by atoms with van der Waals surface area (Å²) in [5, 5.41) is 3.52. The molecule has 0 aliphatic heterocycles. The molecular weight excluding hydrogens is 182 g/mol. The molecule has 2 unspecified atom stereocenters. The van der Waals surface area contributed by atoms with Crippen LogP contribution in [0.25, 0.3) is 0 Å². The molecule has 15 heavy (non-hydrogen) atoms. The summed E-state index contributed by atoms with van der Waals surface area (Å²) in [7, 11) is 0. The summed E-state index contributed by atoms with van der Waals surface area (Å²) in [5.41, 5.74) is 0.440. The second kappa shape index (κ2) is 7.05. The van der Waals surface area contributed by atoms with E-state index in [2.05, 4.69) is 52.6 Å². The third-order valence-electron chi connectivity index (χ3n) is 2.56. The largest absolute Gasteiger partial charge is 0.311 e. The lowest BCUT2D eigenvalue weighted by Gasteiger charge is -2.26. The fourth-order valence-electron chi connectivity index (χ4n) is 2.15. The van der Waals surface area contributed by atoms with Crippen LogP contribution in [0.15, 0.2) is 12.7 Å². The molecule has 0 aromatic heterocycles. The molecule has 0 aliphatic carbocycles. The molecule has 0 saturated carbocycles. The Bertz CT molecular complexity index is 167. The van der Waals surface area contributed by atoms with Gasteiger partial charge in [0.2, 0.25) is 0 Å². The Morgan fingerprint density at radius 3 is 2.33 bits per heavy atom. The second-order valence-corrected chi connectivity index (χ2v) is 5.90. The van der Waals surface area contributed by atoms with Gasteiger partial charge in [-0.3, -0.25) is 0 Å². The van der Waals surface area contributed by atoms with Gasteiger partial charge in [-0.15, -0.1) is 6.58 Å². The Morgan fingerprint density at radius 2 is 1.93 bits per heavy atom. The van der Waals surface area contributed by atoms with Crippen molar-refractivity contribution in [2.45, 2.75) is 59.9 Å². The van der Waals surface area contributed by atoms with Crippen LogP contribution in [0.3, 0.4) is 0 Å². The van der Waals surface area contributed by atoms with Crippen molar-refractivity contribution >= 4 is 0 Å². The zero-order valence-electron chi connectivity index (χ0n) is 11.3. The zero-order chi connectivity index (χ0) is 11.9. The molecule has 1 nitrogen and oxygen atoms in total. The van der Waals surface area contributed by atoms with E-state index >= 15 is 0 Å². The van der Waals surface area contributed by atoms with Gasteiger partial charge >= 0.3 is 0 Å². The Balaban J connectivity index is 3.90. The highest BCUT2D eigenvalue weighted by atomic mass is 14.9. The molecule has 0 radical (unpaired) electrons. The molecule has 0 aromatic rings. The van der Waals surface area contributed by atoms with Crippen molar-refractivity contribution in [2.24, 2.45) is 11.3 Å². The van der Waals surface area contributed by atoms with Crippen molar-refractivity contribution in [1.82, 2.24) is 5.32 Å². The third-order valence-corrected chi connectivity index (χ3v) is 2.56. The van der Waals surface area contributed by atoms with Crippen molar-refractivity contribution in [3.05, 3.63) is 12.7 Å². The molecule has 0 bridgehead atoms.